The number of carbonyl (C=O) groups excluding carboxylic acids is 1. The van der Waals surface area contributed by atoms with Crippen molar-refractivity contribution in [1.29, 1.82) is 0 Å². The van der Waals surface area contributed by atoms with Crippen molar-refractivity contribution in [3.8, 4) is 0 Å². The average molecular weight is 385 g/mol. The van der Waals surface area contributed by atoms with Crippen LogP contribution in [-0.4, -0.2) is 41.9 Å². The Kier molecular flexibility index (Phi) is 6.21. The maximum atomic E-state index is 14.0. The Bertz CT molecular complexity index is 858. The van der Waals surface area contributed by atoms with Crippen LogP contribution < -0.4 is 0 Å². The zero-order valence-electron chi connectivity index (χ0n) is 15.4. The van der Waals surface area contributed by atoms with Gasteiger partial charge in [-0.25, -0.2) is 13.6 Å². The average Bonchev–Trinajstić information content (AvgIpc) is 2.68. The normalized spacial score (nSPS) is 19.9. The van der Waals surface area contributed by atoms with Gasteiger partial charge in [0.2, 0.25) is 0 Å². The Morgan fingerprint density at radius 1 is 1.04 bits per heavy atom. The monoisotopic (exact) mass is 385 g/mol. The maximum Gasteiger partial charge on any atom is 0.410 e. The molecule has 0 bridgehead atoms. The molecule has 1 fully saturated rings. The Morgan fingerprint density at radius 3 is 1.93 bits per heavy atom. The number of halogens is 2. The summed E-state index contributed by atoms with van der Waals surface area (Å²) < 4.78 is 33.2. The molecule has 2 aromatic rings. The van der Waals surface area contributed by atoms with Crippen LogP contribution in [0.1, 0.15) is 18.1 Å². The van der Waals surface area contributed by atoms with E-state index in [-0.39, 0.29) is 19.7 Å². The van der Waals surface area contributed by atoms with Gasteiger partial charge in [-0.2, -0.15) is 0 Å². The van der Waals surface area contributed by atoms with E-state index in [9.17, 15) is 18.7 Å². The standard InChI is InChI=1S/C22H21F2NO3/c1-2-28-22(27)25-13-17(11-15-7-3-5-9-19(15)23)21(26)18(14-25)12-16-8-4-6-10-20(16)24/h3-12,21,26H,2,13-14H2,1H3/b17-11+,18-12+. The zero-order valence-corrected chi connectivity index (χ0v) is 15.4. The molecule has 1 aliphatic rings. The molecule has 0 aromatic heterocycles. The number of piperidine rings is 1. The molecule has 1 aliphatic heterocycles. The summed E-state index contributed by atoms with van der Waals surface area (Å²) in [6, 6.07) is 12.3. The molecular formula is C22H21F2NO3. The highest BCUT2D eigenvalue weighted by molar-refractivity contribution is 5.72. The van der Waals surface area contributed by atoms with E-state index in [1.54, 1.807) is 43.3 Å². The summed E-state index contributed by atoms with van der Waals surface area (Å²) in [5.74, 6) is -0.870. The first-order valence-corrected chi connectivity index (χ1v) is 8.99. The molecule has 4 nitrogen and oxygen atoms in total. The largest absolute Gasteiger partial charge is 0.450 e. The van der Waals surface area contributed by atoms with Gasteiger partial charge in [-0.3, -0.25) is 4.90 Å². The summed E-state index contributed by atoms with van der Waals surface area (Å²) in [7, 11) is 0. The van der Waals surface area contributed by atoms with Gasteiger partial charge in [-0.1, -0.05) is 36.4 Å². The smallest absolute Gasteiger partial charge is 0.410 e. The lowest BCUT2D eigenvalue weighted by Crippen LogP contribution is -2.43. The van der Waals surface area contributed by atoms with Crippen LogP contribution in [0, 0.1) is 11.6 Å². The first-order chi connectivity index (χ1) is 13.5. The van der Waals surface area contributed by atoms with Crippen LogP contribution in [0.15, 0.2) is 59.7 Å². The summed E-state index contributed by atoms with van der Waals surface area (Å²) in [5.41, 5.74) is 1.44. The zero-order chi connectivity index (χ0) is 20.1. The topological polar surface area (TPSA) is 49.8 Å². The number of hydrogen-bond acceptors (Lipinski definition) is 3. The fourth-order valence-corrected chi connectivity index (χ4v) is 3.08. The highest BCUT2D eigenvalue weighted by Crippen LogP contribution is 2.27. The number of amides is 1. The first-order valence-electron chi connectivity index (χ1n) is 8.99. The van der Waals surface area contributed by atoms with Crippen molar-refractivity contribution in [2.24, 2.45) is 0 Å². The quantitative estimate of drug-likeness (QED) is 0.859. The molecule has 6 heteroatoms. The fourth-order valence-electron chi connectivity index (χ4n) is 3.08. The highest BCUT2D eigenvalue weighted by Gasteiger charge is 2.30. The highest BCUT2D eigenvalue weighted by atomic mass is 19.1. The summed E-state index contributed by atoms with van der Waals surface area (Å²) in [6.07, 6.45) is 1.42. The predicted octanol–water partition coefficient (Wildman–Crippen LogP) is 4.26. The molecule has 1 N–H and O–H groups in total. The lowest BCUT2D eigenvalue weighted by molar-refractivity contribution is 0.102. The van der Waals surface area contributed by atoms with Gasteiger partial charge < -0.3 is 9.84 Å². The third kappa shape index (κ3) is 4.46. The van der Waals surface area contributed by atoms with Gasteiger partial charge in [-0.05, 0) is 42.4 Å². The van der Waals surface area contributed by atoms with E-state index in [1.165, 1.54) is 29.2 Å². The minimum Gasteiger partial charge on any atom is -0.450 e. The molecule has 1 saturated heterocycles. The van der Waals surface area contributed by atoms with E-state index in [0.29, 0.717) is 22.3 Å². The maximum absolute atomic E-state index is 14.0. The van der Waals surface area contributed by atoms with Gasteiger partial charge in [-0.15, -0.1) is 0 Å². The van der Waals surface area contributed by atoms with Crippen molar-refractivity contribution in [3.05, 3.63) is 82.4 Å². The van der Waals surface area contributed by atoms with Crippen molar-refractivity contribution in [2.45, 2.75) is 13.0 Å². The van der Waals surface area contributed by atoms with Crippen LogP contribution >= 0.6 is 0 Å². The summed E-state index contributed by atoms with van der Waals surface area (Å²) in [4.78, 5) is 13.7. The van der Waals surface area contributed by atoms with Gasteiger partial charge in [0.1, 0.15) is 17.7 Å². The molecule has 0 radical (unpaired) electrons. The number of benzene rings is 2. The third-order valence-corrected chi connectivity index (χ3v) is 4.47. The molecule has 1 amide bonds. The summed E-state index contributed by atoms with van der Waals surface area (Å²) in [6.45, 7) is 2.07. The lowest BCUT2D eigenvalue weighted by Gasteiger charge is -2.33. The van der Waals surface area contributed by atoms with E-state index in [1.807, 2.05) is 0 Å². The van der Waals surface area contributed by atoms with Crippen LogP contribution in [-0.2, 0) is 4.74 Å². The minimum absolute atomic E-state index is 0.0863. The molecule has 3 rings (SSSR count). The number of rotatable bonds is 3. The van der Waals surface area contributed by atoms with Crippen molar-refractivity contribution in [2.75, 3.05) is 19.7 Å². The number of aliphatic hydroxyl groups excluding tert-OH is 1. The fraction of sp³-hybridized carbons (Fsp3) is 0.227. The van der Waals surface area contributed by atoms with E-state index in [0.717, 1.165) is 0 Å². The SMILES string of the molecule is CCOC(=O)N1C/C(=C\c2ccccc2F)C(O)/C(=C/c2ccccc2F)C1. The Hall–Kier alpha value is -2.99. The number of ether oxygens (including phenoxy) is 1. The third-order valence-electron chi connectivity index (χ3n) is 4.47. The second-order valence-electron chi connectivity index (χ2n) is 6.44. The molecule has 2 aromatic carbocycles. The van der Waals surface area contributed by atoms with Crippen LogP contribution in [0.5, 0.6) is 0 Å². The molecule has 1 heterocycles. The number of carbonyl (C=O) groups is 1. The van der Waals surface area contributed by atoms with Gasteiger partial charge in [0.25, 0.3) is 0 Å². The van der Waals surface area contributed by atoms with E-state index in [2.05, 4.69) is 0 Å². The van der Waals surface area contributed by atoms with Gasteiger partial charge in [0.15, 0.2) is 0 Å². The number of aliphatic hydroxyl groups is 1. The van der Waals surface area contributed by atoms with E-state index < -0.39 is 23.8 Å². The molecule has 146 valence electrons. The van der Waals surface area contributed by atoms with Crippen LogP contribution in [0.2, 0.25) is 0 Å². The number of hydrogen-bond donors (Lipinski definition) is 1. The van der Waals surface area contributed by atoms with Crippen LogP contribution in [0.25, 0.3) is 12.2 Å². The molecule has 0 saturated carbocycles. The molecule has 0 spiro atoms. The summed E-state index contributed by atoms with van der Waals surface area (Å²) in [5, 5.41) is 10.8. The van der Waals surface area contributed by atoms with Gasteiger partial charge in [0, 0.05) is 24.2 Å². The molecular weight excluding hydrogens is 364 g/mol. The van der Waals surface area contributed by atoms with E-state index >= 15 is 0 Å². The van der Waals surface area contributed by atoms with Crippen molar-refractivity contribution >= 4 is 18.2 Å². The molecule has 0 unspecified atom stereocenters. The Labute approximate surface area is 162 Å². The van der Waals surface area contributed by atoms with Crippen molar-refractivity contribution in [1.82, 2.24) is 4.90 Å². The first kappa shape index (κ1) is 19.8. The molecule has 0 aliphatic carbocycles. The minimum atomic E-state index is -1.06. The van der Waals surface area contributed by atoms with Gasteiger partial charge in [0.05, 0.1) is 6.61 Å². The van der Waals surface area contributed by atoms with Crippen LogP contribution in [0.3, 0.4) is 0 Å². The predicted molar refractivity (Wildman–Crippen MR) is 103 cm³/mol. The second-order valence-corrected chi connectivity index (χ2v) is 6.44. The number of likely N-dealkylation sites (tertiary alicyclic amines) is 1. The Morgan fingerprint density at radius 2 is 1.50 bits per heavy atom. The second kappa shape index (κ2) is 8.80. The number of nitrogens with zero attached hydrogens (tertiary/aromatic N) is 1. The Balaban J connectivity index is 2.01. The van der Waals surface area contributed by atoms with Gasteiger partial charge >= 0.3 is 6.09 Å². The van der Waals surface area contributed by atoms with Crippen LogP contribution in [0.4, 0.5) is 13.6 Å². The van der Waals surface area contributed by atoms with Crippen molar-refractivity contribution in [3.63, 3.8) is 0 Å². The molecule has 28 heavy (non-hydrogen) atoms. The lowest BCUT2D eigenvalue weighted by atomic mass is 9.92. The molecule has 0 atom stereocenters. The van der Waals surface area contributed by atoms with Crippen molar-refractivity contribution < 1.29 is 23.4 Å². The van der Waals surface area contributed by atoms with E-state index in [4.69, 9.17) is 4.74 Å². The summed E-state index contributed by atoms with van der Waals surface area (Å²) >= 11 is 0.